The van der Waals surface area contributed by atoms with Gasteiger partial charge < -0.3 is 10.7 Å². The first-order valence-electron chi connectivity index (χ1n) is 6.70. The second-order valence-electron chi connectivity index (χ2n) is 5.41. The summed E-state index contributed by atoms with van der Waals surface area (Å²) < 4.78 is 26.5. The number of imidazole rings is 1. The van der Waals surface area contributed by atoms with E-state index in [9.17, 15) is 8.78 Å². The molecule has 1 saturated carbocycles. The summed E-state index contributed by atoms with van der Waals surface area (Å²) in [5.41, 5.74) is 6.78. The molecule has 0 spiro atoms. The van der Waals surface area contributed by atoms with Crippen molar-refractivity contribution in [3.8, 4) is 0 Å². The number of hydrogen-bond donors (Lipinski definition) is 2. The molecule has 102 valence electrons. The first-order chi connectivity index (χ1) is 9.14. The SMILES string of the molecule is NCC1(c2nc3cc(F)c(F)cc3[nH]2)CCCCC1. The molecule has 3 N–H and O–H groups in total. The molecular weight excluding hydrogens is 248 g/mol. The molecule has 0 radical (unpaired) electrons. The lowest BCUT2D eigenvalue weighted by Gasteiger charge is -2.34. The topological polar surface area (TPSA) is 54.7 Å². The van der Waals surface area contributed by atoms with E-state index in [0.717, 1.165) is 43.6 Å². The Kier molecular flexibility index (Phi) is 3.01. The summed E-state index contributed by atoms with van der Waals surface area (Å²) in [5, 5.41) is 0. The van der Waals surface area contributed by atoms with Crippen LogP contribution in [0.1, 0.15) is 37.9 Å². The summed E-state index contributed by atoms with van der Waals surface area (Å²) >= 11 is 0. The zero-order chi connectivity index (χ0) is 13.5. The number of nitrogens with two attached hydrogens (primary N) is 1. The summed E-state index contributed by atoms with van der Waals surface area (Å²) in [6.07, 6.45) is 5.42. The lowest BCUT2D eigenvalue weighted by atomic mass is 9.73. The second-order valence-corrected chi connectivity index (χ2v) is 5.41. The Morgan fingerprint density at radius 2 is 1.84 bits per heavy atom. The van der Waals surface area contributed by atoms with Crippen molar-refractivity contribution in [2.75, 3.05) is 6.54 Å². The predicted molar refractivity (Wildman–Crippen MR) is 69.8 cm³/mol. The minimum absolute atomic E-state index is 0.162. The highest BCUT2D eigenvalue weighted by Crippen LogP contribution is 2.38. The molecule has 19 heavy (non-hydrogen) atoms. The molecule has 1 aromatic heterocycles. The molecule has 1 heterocycles. The highest BCUT2D eigenvalue weighted by Gasteiger charge is 2.35. The molecule has 1 aromatic carbocycles. The standard InChI is InChI=1S/C14H17F2N3/c15-9-6-11-12(7-10(9)16)19-13(18-11)14(8-17)4-2-1-3-5-14/h6-7H,1-5,8,17H2,(H,18,19). The number of halogens is 2. The van der Waals surface area contributed by atoms with E-state index in [1.807, 2.05) is 0 Å². The average molecular weight is 265 g/mol. The van der Waals surface area contributed by atoms with Crippen molar-refractivity contribution in [2.24, 2.45) is 5.73 Å². The summed E-state index contributed by atoms with van der Waals surface area (Å²) in [4.78, 5) is 7.57. The maximum Gasteiger partial charge on any atom is 0.161 e. The van der Waals surface area contributed by atoms with Gasteiger partial charge in [-0.1, -0.05) is 19.3 Å². The first kappa shape index (κ1) is 12.5. The molecule has 0 amide bonds. The number of aromatic nitrogens is 2. The van der Waals surface area contributed by atoms with E-state index >= 15 is 0 Å². The molecule has 0 bridgehead atoms. The molecule has 0 aliphatic heterocycles. The molecule has 5 heteroatoms. The molecule has 3 nitrogen and oxygen atoms in total. The van der Waals surface area contributed by atoms with Crippen LogP contribution in [0, 0.1) is 11.6 Å². The van der Waals surface area contributed by atoms with Crippen LogP contribution in [0.15, 0.2) is 12.1 Å². The molecular formula is C14H17F2N3. The predicted octanol–water partition coefficient (Wildman–Crippen LogP) is 3.00. The van der Waals surface area contributed by atoms with Crippen molar-refractivity contribution in [1.29, 1.82) is 0 Å². The third-order valence-corrected chi connectivity index (χ3v) is 4.23. The average Bonchev–Trinajstić information content (AvgIpc) is 2.83. The highest BCUT2D eigenvalue weighted by molar-refractivity contribution is 5.75. The van der Waals surface area contributed by atoms with E-state index in [2.05, 4.69) is 9.97 Å². The molecule has 0 saturated heterocycles. The van der Waals surface area contributed by atoms with Crippen molar-refractivity contribution in [1.82, 2.24) is 9.97 Å². The summed E-state index contributed by atoms with van der Waals surface area (Å²) in [5.74, 6) is -0.946. The lowest BCUT2D eigenvalue weighted by Crippen LogP contribution is -2.38. The van der Waals surface area contributed by atoms with Gasteiger partial charge in [-0.25, -0.2) is 13.8 Å². The lowest BCUT2D eigenvalue weighted by molar-refractivity contribution is 0.288. The smallest absolute Gasteiger partial charge is 0.161 e. The van der Waals surface area contributed by atoms with E-state index in [1.54, 1.807) is 0 Å². The van der Waals surface area contributed by atoms with Crippen LogP contribution in [0.5, 0.6) is 0 Å². The molecule has 1 aliphatic carbocycles. The number of aromatic amines is 1. The van der Waals surface area contributed by atoms with Gasteiger partial charge in [0.15, 0.2) is 11.6 Å². The van der Waals surface area contributed by atoms with Gasteiger partial charge >= 0.3 is 0 Å². The van der Waals surface area contributed by atoms with Gasteiger partial charge in [-0.3, -0.25) is 0 Å². The third kappa shape index (κ3) is 2.02. The fourth-order valence-corrected chi connectivity index (χ4v) is 3.02. The van der Waals surface area contributed by atoms with Crippen molar-refractivity contribution in [3.63, 3.8) is 0 Å². The van der Waals surface area contributed by atoms with E-state index in [1.165, 1.54) is 6.42 Å². The Bertz CT molecular complexity index is 561. The number of fused-ring (bicyclic) bond motifs is 1. The molecule has 2 aromatic rings. The van der Waals surface area contributed by atoms with Gasteiger partial charge in [0.1, 0.15) is 5.82 Å². The van der Waals surface area contributed by atoms with E-state index < -0.39 is 11.6 Å². The van der Waals surface area contributed by atoms with Gasteiger partial charge in [0.25, 0.3) is 0 Å². The van der Waals surface area contributed by atoms with Crippen LogP contribution in [0.25, 0.3) is 11.0 Å². The Morgan fingerprint density at radius 3 is 2.53 bits per heavy atom. The van der Waals surface area contributed by atoms with Crippen LogP contribution >= 0.6 is 0 Å². The van der Waals surface area contributed by atoms with Gasteiger partial charge in [0, 0.05) is 24.1 Å². The Balaban J connectivity index is 2.09. The zero-order valence-electron chi connectivity index (χ0n) is 10.7. The first-order valence-corrected chi connectivity index (χ1v) is 6.70. The Labute approximate surface area is 110 Å². The van der Waals surface area contributed by atoms with Crippen molar-refractivity contribution >= 4 is 11.0 Å². The van der Waals surface area contributed by atoms with Crippen molar-refractivity contribution < 1.29 is 8.78 Å². The number of H-pyrrole nitrogens is 1. The molecule has 1 aliphatic rings. The van der Waals surface area contributed by atoms with Crippen LogP contribution in [0.4, 0.5) is 8.78 Å². The van der Waals surface area contributed by atoms with Gasteiger partial charge in [-0.05, 0) is 12.8 Å². The molecule has 0 unspecified atom stereocenters. The van der Waals surface area contributed by atoms with Gasteiger partial charge in [-0.15, -0.1) is 0 Å². The van der Waals surface area contributed by atoms with Gasteiger partial charge in [0.05, 0.1) is 11.0 Å². The van der Waals surface area contributed by atoms with Crippen LogP contribution < -0.4 is 5.73 Å². The van der Waals surface area contributed by atoms with E-state index in [4.69, 9.17) is 5.73 Å². The molecule has 1 fully saturated rings. The fraction of sp³-hybridized carbons (Fsp3) is 0.500. The normalized spacial score (nSPS) is 18.9. The monoisotopic (exact) mass is 265 g/mol. The second kappa shape index (κ2) is 4.56. The number of rotatable bonds is 2. The highest BCUT2D eigenvalue weighted by atomic mass is 19.2. The Morgan fingerprint density at radius 1 is 1.16 bits per heavy atom. The summed E-state index contributed by atoms with van der Waals surface area (Å²) in [6.45, 7) is 0.512. The van der Waals surface area contributed by atoms with Crippen LogP contribution in [-0.2, 0) is 5.41 Å². The maximum atomic E-state index is 13.2. The van der Waals surface area contributed by atoms with Gasteiger partial charge in [-0.2, -0.15) is 0 Å². The number of nitrogens with one attached hydrogen (secondary N) is 1. The summed E-state index contributed by atoms with van der Waals surface area (Å²) in [7, 11) is 0. The van der Waals surface area contributed by atoms with Gasteiger partial charge in [0.2, 0.25) is 0 Å². The van der Waals surface area contributed by atoms with Crippen LogP contribution in [0.2, 0.25) is 0 Å². The largest absolute Gasteiger partial charge is 0.341 e. The zero-order valence-corrected chi connectivity index (χ0v) is 10.7. The molecule has 3 rings (SSSR count). The minimum Gasteiger partial charge on any atom is -0.341 e. The Hall–Kier alpha value is -1.49. The number of benzene rings is 1. The minimum atomic E-state index is -0.865. The maximum absolute atomic E-state index is 13.2. The van der Waals surface area contributed by atoms with Crippen LogP contribution in [-0.4, -0.2) is 16.5 Å². The van der Waals surface area contributed by atoms with Crippen molar-refractivity contribution in [3.05, 3.63) is 29.6 Å². The molecule has 0 atom stereocenters. The van der Waals surface area contributed by atoms with E-state index in [0.29, 0.717) is 17.6 Å². The quantitative estimate of drug-likeness (QED) is 0.877. The van der Waals surface area contributed by atoms with E-state index in [-0.39, 0.29) is 5.41 Å². The van der Waals surface area contributed by atoms with Crippen molar-refractivity contribution in [2.45, 2.75) is 37.5 Å². The summed E-state index contributed by atoms with van der Waals surface area (Å²) in [6, 6.07) is 2.30. The number of hydrogen-bond acceptors (Lipinski definition) is 2. The fourth-order valence-electron chi connectivity index (χ4n) is 3.02. The number of nitrogens with zero attached hydrogens (tertiary/aromatic N) is 1. The van der Waals surface area contributed by atoms with Crippen LogP contribution in [0.3, 0.4) is 0 Å². The third-order valence-electron chi connectivity index (χ3n) is 4.23.